The predicted molar refractivity (Wildman–Crippen MR) is 133 cm³/mol. The highest BCUT2D eigenvalue weighted by Crippen LogP contribution is 2.27. The fraction of sp³-hybridized carbons (Fsp3) is 0.200. The molecular weight excluding hydrogens is 452 g/mol. The Morgan fingerprint density at radius 2 is 1.65 bits per heavy atom. The zero-order chi connectivity index (χ0) is 23.5. The summed E-state index contributed by atoms with van der Waals surface area (Å²) in [6.07, 6.45) is 0. The van der Waals surface area contributed by atoms with E-state index in [-0.39, 0.29) is 18.5 Å². The Balaban J connectivity index is 1.30. The Labute approximate surface area is 202 Å². The molecule has 1 amide bonds. The van der Waals surface area contributed by atoms with Gasteiger partial charge in [-0.15, -0.1) is 0 Å². The third kappa shape index (κ3) is 4.72. The lowest BCUT2D eigenvalue weighted by Gasteiger charge is -2.35. The number of halogens is 1. The Morgan fingerprint density at radius 3 is 2.38 bits per heavy atom. The largest absolute Gasteiger partial charge is 0.484 e. The zero-order valence-corrected chi connectivity index (χ0v) is 19.2. The molecule has 3 heterocycles. The summed E-state index contributed by atoms with van der Waals surface area (Å²) in [5.41, 5.74) is 9.24. The van der Waals surface area contributed by atoms with Gasteiger partial charge in [-0.05, 0) is 36.4 Å². The number of amides is 1. The van der Waals surface area contributed by atoms with Crippen LogP contribution in [0.4, 0.5) is 11.8 Å². The van der Waals surface area contributed by atoms with Crippen LogP contribution in [0.25, 0.3) is 22.3 Å². The molecule has 172 valence electrons. The van der Waals surface area contributed by atoms with Crippen LogP contribution in [0.2, 0.25) is 5.02 Å². The molecule has 0 bridgehead atoms. The number of piperazine rings is 1. The molecule has 1 saturated heterocycles. The van der Waals surface area contributed by atoms with Gasteiger partial charge in [-0.25, -0.2) is 9.97 Å². The first-order valence-corrected chi connectivity index (χ1v) is 11.4. The molecule has 1 aliphatic rings. The first-order chi connectivity index (χ1) is 16.6. The molecule has 4 aromatic rings. The maximum atomic E-state index is 12.6. The Kier molecular flexibility index (Phi) is 6.14. The van der Waals surface area contributed by atoms with Crippen LogP contribution in [0.15, 0.2) is 66.7 Å². The van der Waals surface area contributed by atoms with Crippen LogP contribution in [0, 0.1) is 0 Å². The summed E-state index contributed by atoms with van der Waals surface area (Å²) in [5, 5.41) is 0.623. The molecule has 34 heavy (non-hydrogen) atoms. The minimum Gasteiger partial charge on any atom is -0.484 e. The number of benzene rings is 2. The number of carbonyl (C=O) groups is 1. The summed E-state index contributed by atoms with van der Waals surface area (Å²) in [6, 6.07) is 20.8. The van der Waals surface area contributed by atoms with E-state index >= 15 is 0 Å². The van der Waals surface area contributed by atoms with Crippen LogP contribution in [0.1, 0.15) is 0 Å². The molecule has 2 aromatic heterocycles. The summed E-state index contributed by atoms with van der Waals surface area (Å²) < 4.78 is 5.61. The van der Waals surface area contributed by atoms with Crippen molar-refractivity contribution in [2.45, 2.75) is 0 Å². The summed E-state index contributed by atoms with van der Waals surface area (Å²) in [6.45, 7) is 2.29. The van der Waals surface area contributed by atoms with Gasteiger partial charge in [0.15, 0.2) is 12.4 Å². The fourth-order valence-corrected chi connectivity index (χ4v) is 4.07. The monoisotopic (exact) mass is 474 g/mol. The van der Waals surface area contributed by atoms with Crippen molar-refractivity contribution in [2.75, 3.05) is 43.4 Å². The summed E-state index contributed by atoms with van der Waals surface area (Å²) >= 11 is 5.89. The second-order valence-electron chi connectivity index (χ2n) is 7.95. The van der Waals surface area contributed by atoms with E-state index in [0.717, 1.165) is 11.3 Å². The molecule has 9 heteroatoms. The normalized spacial score (nSPS) is 13.8. The van der Waals surface area contributed by atoms with Gasteiger partial charge in [0.1, 0.15) is 11.3 Å². The van der Waals surface area contributed by atoms with Crippen LogP contribution in [-0.4, -0.2) is 58.5 Å². The maximum Gasteiger partial charge on any atom is 0.260 e. The zero-order valence-electron chi connectivity index (χ0n) is 18.4. The van der Waals surface area contributed by atoms with E-state index in [0.29, 0.717) is 53.8 Å². The number of hydrogen-bond donors (Lipinski definition) is 1. The number of nitrogens with zero attached hydrogens (tertiary/aromatic N) is 5. The molecule has 0 saturated carbocycles. The highest BCUT2D eigenvalue weighted by atomic mass is 35.5. The molecule has 5 rings (SSSR count). The van der Waals surface area contributed by atoms with Crippen LogP contribution in [0.3, 0.4) is 0 Å². The predicted octanol–water partition coefficient (Wildman–Crippen LogP) is 3.66. The smallest absolute Gasteiger partial charge is 0.260 e. The lowest BCUT2D eigenvalue weighted by Crippen LogP contribution is -2.50. The second kappa shape index (κ2) is 9.52. The number of anilines is 2. The molecule has 1 aliphatic heterocycles. The van der Waals surface area contributed by atoms with E-state index in [4.69, 9.17) is 27.1 Å². The minimum absolute atomic E-state index is 0.0208. The van der Waals surface area contributed by atoms with Crippen molar-refractivity contribution in [3.8, 4) is 17.0 Å². The molecule has 0 unspecified atom stereocenters. The van der Waals surface area contributed by atoms with E-state index in [1.54, 1.807) is 29.2 Å². The molecule has 0 aliphatic carbocycles. The molecule has 0 spiro atoms. The number of rotatable bonds is 5. The Hall–Kier alpha value is -3.91. The highest BCUT2D eigenvalue weighted by Gasteiger charge is 2.24. The maximum absolute atomic E-state index is 12.6. The van der Waals surface area contributed by atoms with Crippen LogP contribution in [0.5, 0.6) is 5.75 Å². The average Bonchev–Trinajstić information content (AvgIpc) is 2.88. The van der Waals surface area contributed by atoms with Gasteiger partial charge in [-0.2, -0.15) is 4.98 Å². The number of hydrogen-bond acceptors (Lipinski definition) is 7. The lowest BCUT2D eigenvalue weighted by atomic mass is 10.1. The van der Waals surface area contributed by atoms with Crippen molar-refractivity contribution >= 4 is 40.3 Å². The second-order valence-corrected chi connectivity index (χ2v) is 8.38. The van der Waals surface area contributed by atoms with E-state index in [2.05, 4.69) is 14.9 Å². The standard InChI is InChI=1S/C25H23ClN6O2/c26-18-6-8-19(9-7-18)34-16-22(33)31-12-14-32(15-13-31)24-23-21(29-25(27)30-24)11-10-20(28-23)17-4-2-1-3-5-17/h1-11H,12-16H2,(H2,27,29,30). The minimum atomic E-state index is -0.0638. The lowest BCUT2D eigenvalue weighted by molar-refractivity contribution is -0.133. The van der Waals surface area contributed by atoms with Crippen molar-refractivity contribution < 1.29 is 9.53 Å². The van der Waals surface area contributed by atoms with E-state index in [9.17, 15) is 4.79 Å². The van der Waals surface area contributed by atoms with Gasteiger partial charge >= 0.3 is 0 Å². The Bertz CT molecular complexity index is 1310. The van der Waals surface area contributed by atoms with Crippen molar-refractivity contribution in [2.24, 2.45) is 0 Å². The highest BCUT2D eigenvalue weighted by molar-refractivity contribution is 6.30. The van der Waals surface area contributed by atoms with Gasteiger partial charge in [-0.3, -0.25) is 4.79 Å². The van der Waals surface area contributed by atoms with Gasteiger partial charge in [0.2, 0.25) is 5.95 Å². The van der Waals surface area contributed by atoms with Crippen LogP contribution >= 0.6 is 11.6 Å². The van der Waals surface area contributed by atoms with Crippen molar-refractivity contribution in [1.82, 2.24) is 19.9 Å². The van der Waals surface area contributed by atoms with Crippen molar-refractivity contribution in [1.29, 1.82) is 0 Å². The van der Waals surface area contributed by atoms with Crippen molar-refractivity contribution in [3.05, 3.63) is 71.8 Å². The third-order valence-electron chi connectivity index (χ3n) is 5.72. The van der Waals surface area contributed by atoms with Gasteiger partial charge in [0.05, 0.1) is 11.2 Å². The number of aromatic nitrogens is 3. The van der Waals surface area contributed by atoms with E-state index in [1.807, 2.05) is 42.5 Å². The van der Waals surface area contributed by atoms with E-state index < -0.39 is 0 Å². The Morgan fingerprint density at radius 1 is 0.912 bits per heavy atom. The van der Waals surface area contributed by atoms with Gasteiger partial charge in [0.25, 0.3) is 5.91 Å². The SMILES string of the molecule is Nc1nc(N2CCN(C(=O)COc3ccc(Cl)cc3)CC2)c2nc(-c3ccccc3)ccc2n1. The van der Waals surface area contributed by atoms with Gasteiger partial charge in [0, 0.05) is 36.8 Å². The summed E-state index contributed by atoms with van der Waals surface area (Å²) in [4.78, 5) is 30.3. The van der Waals surface area contributed by atoms with Crippen LogP contribution < -0.4 is 15.4 Å². The molecule has 0 radical (unpaired) electrons. The molecule has 0 atom stereocenters. The topological polar surface area (TPSA) is 97.5 Å². The fourth-order valence-electron chi connectivity index (χ4n) is 3.94. The quantitative estimate of drug-likeness (QED) is 0.471. The number of nitrogens with two attached hydrogens (primary N) is 1. The van der Waals surface area contributed by atoms with E-state index in [1.165, 1.54) is 0 Å². The molecule has 8 nitrogen and oxygen atoms in total. The number of fused-ring (bicyclic) bond motifs is 1. The molecule has 2 aromatic carbocycles. The molecule has 2 N–H and O–H groups in total. The average molecular weight is 475 g/mol. The molecule has 1 fully saturated rings. The first-order valence-electron chi connectivity index (χ1n) is 11.0. The number of nitrogen functional groups attached to an aromatic ring is 1. The third-order valence-corrected chi connectivity index (χ3v) is 5.97. The summed E-state index contributed by atoms with van der Waals surface area (Å²) in [7, 11) is 0. The first kappa shape index (κ1) is 21.9. The number of pyridine rings is 1. The number of carbonyl (C=O) groups excluding carboxylic acids is 1. The van der Waals surface area contributed by atoms with Crippen molar-refractivity contribution in [3.63, 3.8) is 0 Å². The molecular formula is C25H23ClN6O2. The van der Waals surface area contributed by atoms with Gasteiger partial charge in [-0.1, -0.05) is 41.9 Å². The number of ether oxygens (including phenoxy) is 1. The summed E-state index contributed by atoms with van der Waals surface area (Å²) in [5.74, 6) is 1.43. The van der Waals surface area contributed by atoms with Gasteiger partial charge < -0.3 is 20.3 Å². The van der Waals surface area contributed by atoms with Crippen LogP contribution in [-0.2, 0) is 4.79 Å².